The molecule has 27 heavy (non-hydrogen) atoms. The average molecular weight is 383 g/mol. The normalized spacial score (nSPS) is 21.0. The second-order valence-corrected chi connectivity index (χ2v) is 8.36. The predicted octanol–water partition coefficient (Wildman–Crippen LogP) is 6.51. The summed E-state index contributed by atoms with van der Waals surface area (Å²) < 4.78 is 5.80. The molecule has 4 heteroatoms. The van der Waals surface area contributed by atoms with Crippen LogP contribution in [0.1, 0.15) is 117 Å². The Hall–Kier alpha value is -1.06. The zero-order valence-corrected chi connectivity index (χ0v) is 17.7. The summed E-state index contributed by atoms with van der Waals surface area (Å²) in [5.74, 6) is -1.52. The van der Waals surface area contributed by atoms with Gasteiger partial charge in [0.25, 0.3) is 0 Å². The van der Waals surface area contributed by atoms with E-state index in [1.807, 2.05) is 0 Å². The number of aliphatic carboxylic acids is 1. The Morgan fingerprint density at radius 1 is 0.852 bits per heavy atom. The SMILES string of the molecule is CCCCCCCCCCCC(CCC)OC(=O)C1CCCC(C(=O)O)C1. The fourth-order valence-corrected chi connectivity index (χ4v) is 4.16. The van der Waals surface area contributed by atoms with Crippen molar-refractivity contribution in [2.45, 2.75) is 123 Å². The lowest BCUT2D eigenvalue weighted by Crippen LogP contribution is -2.31. The van der Waals surface area contributed by atoms with Crippen molar-refractivity contribution in [1.82, 2.24) is 0 Å². The Morgan fingerprint density at radius 2 is 1.44 bits per heavy atom. The van der Waals surface area contributed by atoms with Crippen LogP contribution in [0.3, 0.4) is 0 Å². The molecule has 1 fully saturated rings. The van der Waals surface area contributed by atoms with Gasteiger partial charge in [-0.3, -0.25) is 9.59 Å². The van der Waals surface area contributed by atoms with Crippen molar-refractivity contribution in [2.75, 3.05) is 0 Å². The third-order valence-corrected chi connectivity index (χ3v) is 5.88. The number of esters is 1. The molecule has 0 aromatic carbocycles. The van der Waals surface area contributed by atoms with Crippen molar-refractivity contribution in [3.05, 3.63) is 0 Å². The third kappa shape index (κ3) is 10.8. The molecule has 0 amide bonds. The second kappa shape index (κ2) is 14.9. The van der Waals surface area contributed by atoms with Gasteiger partial charge in [0.15, 0.2) is 0 Å². The van der Waals surface area contributed by atoms with Crippen molar-refractivity contribution in [2.24, 2.45) is 11.8 Å². The van der Waals surface area contributed by atoms with E-state index in [1.54, 1.807) is 0 Å². The lowest BCUT2D eigenvalue weighted by molar-refractivity contribution is -0.157. The maximum absolute atomic E-state index is 12.5. The number of carbonyl (C=O) groups is 2. The monoisotopic (exact) mass is 382 g/mol. The van der Waals surface area contributed by atoms with E-state index in [2.05, 4.69) is 13.8 Å². The first-order valence-electron chi connectivity index (χ1n) is 11.5. The van der Waals surface area contributed by atoms with Crippen LogP contribution >= 0.6 is 0 Å². The highest BCUT2D eigenvalue weighted by molar-refractivity contribution is 5.75. The van der Waals surface area contributed by atoms with E-state index < -0.39 is 5.97 Å². The summed E-state index contributed by atoms with van der Waals surface area (Å²) in [7, 11) is 0. The van der Waals surface area contributed by atoms with Crippen LogP contribution in [0.25, 0.3) is 0 Å². The van der Waals surface area contributed by atoms with Gasteiger partial charge in [-0.15, -0.1) is 0 Å². The number of rotatable bonds is 15. The van der Waals surface area contributed by atoms with Crippen LogP contribution in [0.2, 0.25) is 0 Å². The largest absolute Gasteiger partial charge is 0.481 e. The molecule has 4 nitrogen and oxygen atoms in total. The fourth-order valence-electron chi connectivity index (χ4n) is 4.16. The van der Waals surface area contributed by atoms with Gasteiger partial charge in [-0.2, -0.15) is 0 Å². The molecule has 0 bridgehead atoms. The van der Waals surface area contributed by atoms with Gasteiger partial charge in [0.1, 0.15) is 6.10 Å². The summed E-state index contributed by atoms with van der Waals surface area (Å²) in [4.78, 5) is 23.7. The molecule has 0 heterocycles. The smallest absolute Gasteiger partial charge is 0.309 e. The van der Waals surface area contributed by atoms with Gasteiger partial charge in [0.05, 0.1) is 11.8 Å². The molecule has 1 saturated carbocycles. The summed E-state index contributed by atoms with van der Waals surface area (Å²) in [6.07, 6.45) is 17.3. The van der Waals surface area contributed by atoms with Crippen LogP contribution in [0, 0.1) is 11.8 Å². The van der Waals surface area contributed by atoms with Crippen molar-refractivity contribution in [1.29, 1.82) is 0 Å². The van der Waals surface area contributed by atoms with Gasteiger partial charge in [-0.25, -0.2) is 0 Å². The lowest BCUT2D eigenvalue weighted by atomic mass is 9.81. The molecule has 0 saturated heterocycles. The van der Waals surface area contributed by atoms with Gasteiger partial charge >= 0.3 is 11.9 Å². The van der Waals surface area contributed by atoms with Crippen LogP contribution in [0.4, 0.5) is 0 Å². The Kier molecular flexibility index (Phi) is 13.3. The molecule has 1 rings (SSSR count). The van der Waals surface area contributed by atoms with Crippen molar-refractivity contribution >= 4 is 11.9 Å². The van der Waals surface area contributed by atoms with Crippen LogP contribution in [0.15, 0.2) is 0 Å². The molecular formula is C23H42O4. The van der Waals surface area contributed by atoms with Crippen LogP contribution in [-0.2, 0) is 14.3 Å². The fraction of sp³-hybridized carbons (Fsp3) is 0.913. The van der Waals surface area contributed by atoms with E-state index in [0.29, 0.717) is 12.8 Å². The van der Waals surface area contributed by atoms with Gasteiger partial charge in [0, 0.05) is 0 Å². The highest BCUT2D eigenvalue weighted by Gasteiger charge is 2.32. The molecule has 158 valence electrons. The number of unbranched alkanes of at least 4 members (excludes halogenated alkanes) is 8. The van der Waals surface area contributed by atoms with Crippen molar-refractivity contribution in [3.8, 4) is 0 Å². The van der Waals surface area contributed by atoms with Gasteiger partial charge < -0.3 is 9.84 Å². The summed E-state index contributed by atoms with van der Waals surface area (Å²) in [6, 6.07) is 0. The van der Waals surface area contributed by atoms with Crippen LogP contribution < -0.4 is 0 Å². The van der Waals surface area contributed by atoms with E-state index in [-0.39, 0.29) is 23.9 Å². The summed E-state index contributed by atoms with van der Waals surface area (Å²) in [5, 5.41) is 9.20. The molecule has 0 radical (unpaired) electrons. The number of hydrogen-bond acceptors (Lipinski definition) is 3. The molecule has 3 atom stereocenters. The first kappa shape index (κ1) is 24.0. The molecule has 0 aromatic heterocycles. The minimum atomic E-state index is -0.771. The lowest BCUT2D eigenvalue weighted by Gasteiger charge is -2.27. The second-order valence-electron chi connectivity index (χ2n) is 8.36. The highest BCUT2D eigenvalue weighted by Crippen LogP contribution is 2.31. The third-order valence-electron chi connectivity index (χ3n) is 5.88. The molecule has 1 aliphatic carbocycles. The standard InChI is InChI=1S/C23H42O4/c1-3-5-6-7-8-9-10-11-12-17-21(14-4-2)27-23(26)20-16-13-15-19(18-20)22(24)25/h19-21H,3-18H2,1-2H3,(H,24,25). The van der Waals surface area contributed by atoms with Crippen LogP contribution in [0.5, 0.6) is 0 Å². The Bertz CT molecular complexity index is 407. The summed E-state index contributed by atoms with van der Waals surface area (Å²) >= 11 is 0. The van der Waals surface area contributed by atoms with E-state index in [4.69, 9.17) is 4.74 Å². The minimum absolute atomic E-state index is 0.0114. The first-order chi connectivity index (χ1) is 13.1. The molecular weight excluding hydrogens is 340 g/mol. The number of ether oxygens (including phenoxy) is 1. The molecule has 0 spiro atoms. The van der Waals surface area contributed by atoms with E-state index in [1.165, 1.54) is 51.4 Å². The topological polar surface area (TPSA) is 63.6 Å². The number of hydrogen-bond donors (Lipinski definition) is 1. The van der Waals surface area contributed by atoms with Gasteiger partial charge in [-0.05, 0) is 38.5 Å². The Labute approximate surface area is 166 Å². The van der Waals surface area contributed by atoms with E-state index >= 15 is 0 Å². The Balaban J connectivity index is 2.22. The number of carboxylic acid groups (broad SMARTS) is 1. The molecule has 0 aromatic rings. The maximum Gasteiger partial charge on any atom is 0.309 e. The maximum atomic E-state index is 12.5. The van der Waals surface area contributed by atoms with Gasteiger partial charge in [0.2, 0.25) is 0 Å². The minimum Gasteiger partial charge on any atom is -0.481 e. The zero-order valence-electron chi connectivity index (χ0n) is 17.7. The molecule has 0 aliphatic heterocycles. The van der Waals surface area contributed by atoms with E-state index in [9.17, 15) is 14.7 Å². The first-order valence-corrected chi connectivity index (χ1v) is 11.5. The number of carbonyl (C=O) groups excluding carboxylic acids is 1. The average Bonchev–Trinajstić information content (AvgIpc) is 2.66. The quantitative estimate of drug-likeness (QED) is 0.259. The summed E-state index contributed by atoms with van der Waals surface area (Å²) in [6.45, 7) is 4.37. The highest BCUT2D eigenvalue weighted by atomic mass is 16.5. The zero-order chi connectivity index (χ0) is 19.9. The molecule has 1 N–H and O–H groups in total. The van der Waals surface area contributed by atoms with Crippen LogP contribution in [-0.4, -0.2) is 23.1 Å². The van der Waals surface area contributed by atoms with E-state index in [0.717, 1.165) is 38.5 Å². The molecule has 1 aliphatic rings. The Morgan fingerprint density at radius 3 is 2.04 bits per heavy atom. The summed E-state index contributed by atoms with van der Waals surface area (Å²) in [5.41, 5.74) is 0. The molecule has 3 unspecified atom stereocenters. The van der Waals surface area contributed by atoms with Crippen molar-refractivity contribution in [3.63, 3.8) is 0 Å². The van der Waals surface area contributed by atoms with Gasteiger partial charge in [-0.1, -0.05) is 78.1 Å². The predicted molar refractivity (Wildman–Crippen MR) is 110 cm³/mol. The number of carboxylic acids is 1. The van der Waals surface area contributed by atoms with Crippen molar-refractivity contribution < 1.29 is 19.4 Å².